The van der Waals surface area contributed by atoms with Gasteiger partial charge in [0.1, 0.15) is 11.5 Å². The number of ether oxygens (including phenoxy) is 2. The highest BCUT2D eigenvalue weighted by molar-refractivity contribution is 9.10. The van der Waals surface area contributed by atoms with Crippen molar-refractivity contribution >= 4 is 39.7 Å². The highest BCUT2D eigenvalue weighted by atomic mass is 79.9. The van der Waals surface area contributed by atoms with Crippen LogP contribution in [0.1, 0.15) is 5.56 Å². The summed E-state index contributed by atoms with van der Waals surface area (Å²) in [5.74, 6) is 0.845. The number of methoxy groups -OCH3 is 1. The Labute approximate surface area is 147 Å². The predicted octanol–water partition coefficient (Wildman–Crippen LogP) is 3.64. The first-order valence-electron chi connectivity index (χ1n) is 6.62. The van der Waals surface area contributed by atoms with Gasteiger partial charge in [-0.25, -0.2) is 5.43 Å². The molecule has 0 radical (unpaired) electrons. The summed E-state index contributed by atoms with van der Waals surface area (Å²) in [5.41, 5.74) is 3.17. The molecule has 23 heavy (non-hydrogen) atoms. The SMILES string of the molecule is COc1ccc(Br)c(/C=N/NC(=O)COc2cccc(Cl)c2)c1. The Bertz CT molecular complexity index is 722. The fourth-order valence-corrected chi connectivity index (χ4v) is 2.19. The van der Waals surface area contributed by atoms with Gasteiger partial charge in [-0.3, -0.25) is 4.79 Å². The van der Waals surface area contributed by atoms with Crippen molar-refractivity contribution in [3.63, 3.8) is 0 Å². The number of carbonyl (C=O) groups excluding carboxylic acids is 1. The van der Waals surface area contributed by atoms with Gasteiger partial charge in [0.25, 0.3) is 5.91 Å². The van der Waals surface area contributed by atoms with E-state index < -0.39 is 0 Å². The molecule has 0 bridgehead atoms. The van der Waals surface area contributed by atoms with Crippen LogP contribution in [-0.2, 0) is 4.79 Å². The van der Waals surface area contributed by atoms with Gasteiger partial charge in [0.15, 0.2) is 6.61 Å². The second-order valence-corrected chi connectivity index (χ2v) is 5.72. The summed E-state index contributed by atoms with van der Waals surface area (Å²) >= 11 is 9.23. The maximum Gasteiger partial charge on any atom is 0.277 e. The quantitative estimate of drug-likeness (QED) is 0.598. The molecule has 0 aliphatic heterocycles. The molecule has 7 heteroatoms. The number of hydrazone groups is 1. The minimum Gasteiger partial charge on any atom is -0.497 e. The van der Waals surface area contributed by atoms with Crippen LogP contribution in [0.2, 0.25) is 5.02 Å². The Hall–Kier alpha value is -2.05. The standard InChI is InChI=1S/C16H14BrClN2O3/c1-22-13-5-6-15(17)11(7-13)9-19-20-16(21)10-23-14-4-2-3-12(18)8-14/h2-9H,10H2,1H3,(H,20,21)/b19-9+. The summed E-state index contributed by atoms with van der Waals surface area (Å²) in [4.78, 5) is 11.7. The minimum absolute atomic E-state index is 0.156. The van der Waals surface area contributed by atoms with E-state index in [1.54, 1.807) is 37.4 Å². The molecule has 0 saturated carbocycles. The van der Waals surface area contributed by atoms with E-state index in [1.165, 1.54) is 6.21 Å². The number of amides is 1. The Kier molecular flexibility index (Phi) is 6.43. The monoisotopic (exact) mass is 396 g/mol. The van der Waals surface area contributed by atoms with Crippen molar-refractivity contribution in [1.29, 1.82) is 0 Å². The third kappa shape index (κ3) is 5.58. The average Bonchev–Trinajstić information content (AvgIpc) is 2.55. The van der Waals surface area contributed by atoms with Crippen LogP contribution in [0, 0.1) is 0 Å². The summed E-state index contributed by atoms with van der Waals surface area (Å²) in [6.45, 7) is -0.156. The second kappa shape index (κ2) is 8.55. The van der Waals surface area contributed by atoms with E-state index in [4.69, 9.17) is 21.1 Å². The molecule has 0 aromatic heterocycles. The molecule has 0 atom stereocenters. The molecule has 2 aromatic rings. The number of hydrogen-bond donors (Lipinski definition) is 1. The van der Waals surface area contributed by atoms with E-state index in [2.05, 4.69) is 26.5 Å². The van der Waals surface area contributed by atoms with Crippen molar-refractivity contribution in [2.24, 2.45) is 5.10 Å². The number of rotatable bonds is 6. The van der Waals surface area contributed by atoms with Gasteiger partial charge >= 0.3 is 0 Å². The van der Waals surface area contributed by atoms with E-state index in [1.807, 2.05) is 12.1 Å². The van der Waals surface area contributed by atoms with Crippen molar-refractivity contribution in [3.8, 4) is 11.5 Å². The molecular weight excluding hydrogens is 384 g/mol. The van der Waals surface area contributed by atoms with E-state index in [9.17, 15) is 4.79 Å². The van der Waals surface area contributed by atoms with E-state index in [0.29, 0.717) is 16.5 Å². The molecule has 0 saturated heterocycles. The summed E-state index contributed by atoms with van der Waals surface area (Å²) in [7, 11) is 1.58. The van der Waals surface area contributed by atoms with Crippen LogP contribution in [0.25, 0.3) is 0 Å². The van der Waals surface area contributed by atoms with Crippen molar-refractivity contribution in [2.45, 2.75) is 0 Å². The lowest BCUT2D eigenvalue weighted by molar-refractivity contribution is -0.123. The lowest BCUT2D eigenvalue weighted by Crippen LogP contribution is -2.24. The lowest BCUT2D eigenvalue weighted by atomic mass is 10.2. The minimum atomic E-state index is -0.375. The number of nitrogens with one attached hydrogen (secondary N) is 1. The van der Waals surface area contributed by atoms with Crippen molar-refractivity contribution < 1.29 is 14.3 Å². The third-order valence-corrected chi connectivity index (χ3v) is 3.72. The van der Waals surface area contributed by atoms with Gasteiger partial charge in [0.05, 0.1) is 13.3 Å². The first-order valence-corrected chi connectivity index (χ1v) is 7.79. The molecule has 0 aliphatic carbocycles. The lowest BCUT2D eigenvalue weighted by Gasteiger charge is -2.05. The van der Waals surface area contributed by atoms with Gasteiger partial charge in [0.2, 0.25) is 0 Å². The highest BCUT2D eigenvalue weighted by Crippen LogP contribution is 2.20. The topological polar surface area (TPSA) is 59.9 Å². The second-order valence-electron chi connectivity index (χ2n) is 4.43. The highest BCUT2D eigenvalue weighted by Gasteiger charge is 2.03. The average molecular weight is 398 g/mol. The predicted molar refractivity (Wildman–Crippen MR) is 93.4 cm³/mol. The Morgan fingerprint density at radius 3 is 2.87 bits per heavy atom. The molecule has 120 valence electrons. The van der Waals surface area contributed by atoms with Gasteiger partial charge in [-0.1, -0.05) is 33.6 Å². The summed E-state index contributed by atoms with van der Waals surface area (Å²) in [5, 5.41) is 4.44. The van der Waals surface area contributed by atoms with Crippen LogP contribution in [0.4, 0.5) is 0 Å². The molecule has 0 fully saturated rings. The number of halogens is 2. The largest absolute Gasteiger partial charge is 0.497 e. The molecule has 2 aromatic carbocycles. The smallest absolute Gasteiger partial charge is 0.277 e. The third-order valence-electron chi connectivity index (χ3n) is 2.76. The molecule has 5 nitrogen and oxygen atoms in total. The van der Waals surface area contributed by atoms with Crippen LogP contribution in [0.5, 0.6) is 11.5 Å². The molecule has 1 N–H and O–H groups in total. The van der Waals surface area contributed by atoms with Crippen LogP contribution in [0.3, 0.4) is 0 Å². The summed E-state index contributed by atoms with van der Waals surface area (Å²) < 4.78 is 11.3. The van der Waals surface area contributed by atoms with Crippen LogP contribution in [-0.4, -0.2) is 25.8 Å². The number of carbonyl (C=O) groups is 1. The van der Waals surface area contributed by atoms with Gasteiger partial charge in [0, 0.05) is 15.1 Å². The van der Waals surface area contributed by atoms with Gasteiger partial charge < -0.3 is 9.47 Å². The fraction of sp³-hybridized carbons (Fsp3) is 0.125. The Morgan fingerprint density at radius 2 is 2.13 bits per heavy atom. The normalized spacial score (nSPS) is 10.6. The zero-order chi connectivity index (χ0) is 16.7. The maximum atomic E-state index is 11.7. The number of nitrogens with zero attached hydrogens (tertiary/aromatic N) is 1. The molecule has 0 spiro atoms. The Morgan fingerprint density at radius 1 is 1.30 bits per heavy atom. The molecule has 2 rings (SSSR count). The first-order chi connectivity index (χ1) is 11.1. The number of benzene rings is 2. The number of hydrogen-bond acceptors (Lipinski definition) is 4. The van der Waals surface area contributed by atoms with Gasteiger partial charge in [-0.2, -0.15) is 5.10 Å². The van der Waals surface area contributed by atoms with Crippen molar-refractivity contribution in [1.82, 2.24) is 5.43 Å². The Balaban J connectivity index is 1.86. The fourth-order valence-electron chi connectivity index (χ4n) is 1.66. The first kappa shape index (κ1) is 17.3. The molecular formula is C16H14BrClN2O3. The maximum absolute atomic E-state index is 11.7. The van der Waals surface area contributed by atoms with Crippen LogP contribution >= 0.6 is 27.5 Å². The van der Waals surface area contributed by atoms with Crippen LogP contribution in [0.15, 0.2) is 52.0 Å². The van der Waals surface area contributed by atoms with E-state index in [-0.39, 0.29) is 12.5 Å². The molecule has 0 aliphatic rings. The van der Waals surface area contributed by atoms with E-state index in [0.717, 1.165) is 10.0 Å². The molecule has 1 amide bonds. The molecule has 0 heterocycles. The van der Waals surface area contributed by atoms with Crippen molar-refractivity contribution in [2.75, 3.05) is 13.7 Å². The summed E-state index contributed by atoms with van der Waals surface area (Å²) in [6.07, 6.45) is 1.52. The zero-order valence-corrected chi connectivity index (χ0v) is 14.6. The summed E-state index contributed by atoms with van der Waals surface area (Å²) in [6, 6.07) is 12.3. The molecule has 0 unspecified atom stereocenters. The van der Waals surface area contributed by atoms with E-state index >= 15 is 0 Å². The van der Waals surface area contributed by atoms with Crippen molar-refractivity contribution in [3.05, 3.63) is 57.5 Å². The zero-order valence-electron chi connectivity index (χ0n) is 12.3. The van der Waals surface area contributed by atoms with Gasteiger partial charge in [-0.05, 0) is 36.4 Å². The van der Waals surface area contributed by atoms with Crippen LogP contribution < -0.4 is 14.9 Å². The van der Waals surface area contributed by atoms with Gasteiger partial charge in [-0.15, -0.1) is 0 Å².